The summed E-state index contributed by atoms with van der Waals surface area (Å²) in [4.78, 5) is 17.5. The van der Waals surface area contributed by atoms with Gasteiger partial charge in [-0.25, -0.2) is 0 Å². The summed E-state index contributed by atoms with van der Waals surface area (Å²) in [6.45, 7) is 6.79. The molecule has 2 aliphatic heterocycles. The SMILES string of the molecule is O=C1NC2CCCCC2C1CCCN1CCN(Cc2ccc(Br)cc2)CC1. The van der Waals surface area contributed by atoms with Gasteiger partial charge in [-0.15, -0.1) is 0 Å². The van der Waals surface area contributed by atoms with Crippen LogP contribution in [0.1, 0.15) is 44.1 Å². The maximum absolute atomic E-state index is 12.3. The number of amides is 1. The zero-order valence-corrected chi connectivity index (χ0v) is 17.8. The summed E-state index contributed by atoms with van der Waals surface area (Å²) in [6, 6.07) is 9.16. The molecule has 0 spiro atoms. The number of carbonyl (C=O) groups excluding carboxylic acids is 1. The molecule has 0 bridgehead atoms. The van der Waals surface area contributed by atoms with Crippen molar-refractivity contribution in [2.45, 2.75) is 51.1 Å². The first kappa shape index (κ1) is 19.4. The van der Waals surface area contributed by atoms with Crippen molar-refractivity contribution in [3.05, 3.63) is 34.3 Å². The lowest BCUT2D eigenvalue weighted by molar-refractivity contribution is -0.123. The van der Waals surface area contributed by atoms with Gasteiger partial charge in [0.15, 0.2) is 0 Å². The van der Waals surface area contributed by atoms with E-state index in [1.54, 1.807) is 0 Å². The van der Waals surface area contributed by atoms with Crippen molar-refractivity contribution in [2.75, 3.05) is 32.7 Å². The smallest absolute Gasteiger partial charge is 0.223 e. The van der Waals surface area contributed by atoms with E-state index in [1.807, 2.05) is 0 Å². The van der Waals surface area contributed by atoms with Crippen LogP contribution in [0, 0.1) is 11.8 Å². The molecule has 0 radical (unpaired) electrons. The van der Waals surface area contributed by atoms with Crippen molar-refractivity contribution in [3.63, 3.8) is 0 Å². The Morgan fingerprint density at radius 3 is 2.48 bits per heavy atom. The molecule has 4 rings (SSSR count). The first-order valence-corrected chi connectivity index (χ1v) is 11.5. The summed E-state index contributed by atoms with van der Waals surface area (Å²) >= 11 is 3.50. The third-order valence-corrected chi connectivity index (χ3v) is 7.30. The van der Waals surface area contributed by atoms with Gasteiger partial charge in [0.1, 0.15) is 0 Å². The number of piperazine rings is 1. The summed E-state index contributed by atoms with van der Waals surface area (Å²) < 4.78 is 1.14. The lowest BCUT2D eigenvalue weighted by Gasteiger charge is -2.35. The molecule has 3 aliphatic rings. The Balaban J connectivity index is 1.16. The minimum Gasteiger partial charge on any atom is -0.353 e. The third-order valence-electron chi connectivity index (χ3n) is 6.77. The van der Waals surface area contributed by atoms with Gasteiger partial charge in [-0.05, 0) is 55.8 Å². The normalized spacial score (nSPS) is 29.5. The number of carbonyl (C=O) groups is 1. The number of hydrogen-bond donors (Lipinski definition) is 1. The number of rotatable bonds is 6. The first-order valence-electron chi connectivity index (χ1n) is 10.7. The van der Waals surface area contributed by atoms with Crippen molar-refractivity contribution in [2.24, 2.45) is 11.8 Å². The molecule has 1 amide bonds. The fourth-order valence-corrected chi connectivity index (χ4v) is 5.47. The summed E-state index contributed by atoms with van der Waals surface area (Å²) in [5.41, 5.74) is 1.39. The average Bonchev–Trinajstić information content (AvgIpc) is 3.00. The van der Waals surface area contributed by atoms with Gasteiger partial charge in [0.05, 0.1) is 0 Å². The molecule has 148 valence electrons. The van der Waals surface area contributed by atoms with Crippen LogP contribution in [0.15, 0.2) is 28.7 Å². The number of hydrogen-bond acceptors (Lipinski definition) is 3. The fourth-order valence-electron chi connectivity index (χ4n) is 5.20. The minimum atomic E-state index is 0.286. The van der Waals surface area contributed by atoms with Crippen LogP contribution in [-0.4, -0.2) is 54.5 Å². The summed E-state index contributed by atoms with van der Waals surface area (Å²) in [7, 11) is 0. The van der Waals surface area contributed by atoms with Gasteiger partial charge in [-0.1, -0.05) is 40.9 Å². The Morgan fingerprint density at radius 2 is 1.70 bits per heavy atom. The van der Waals surface area contributed by atoms with E-state index in [1.165, 1.54) is 31.2 Å². The minimum absolute atomic E-state index is 0.286. The zero-order chi connectivity index (χ0) is 18.6. The monoisotopic (exact) mass is 433 g/mol. The molecule has 4 nitrogen and oxygen atoms in total. The molecular weight excluding hydrogens is 402 g/mol. The van der Waals surface area contributed by atoms with Crippen LogP contribution < -0.4 is 5.32 Å². The highest BCUT2D eigenvalue weighted by Crippen LogP contribution is 2.37. The highest BCUT2D eigenvalue weighted by molar-refractivity contribution is 9.10. The van der Waals surface area contributed by atoms with Gasteiger partial charge in [0.25, 0.3) is 0 Å². The van der Waals surface area contributed by atoms with E-state index >= 15 is 0 Å². The molecule has 3 fully saturated rings. The van der Waals surface area contributed by atoms with Crippen molar-refractivity contribution >= 4 is 21.8 Å². The topological polar surface area (TPSA) is 35.6 Å². The molecule has 3 unspecified atom stereocenters. The fraction of sp³-hybridized carbons (Fsp3) is 0.682. The highest BCUT2D eigenvalue weighted by Gasteiger charge is 2.42. The van der Waals surface area contributed by atoms with Crippen molar-refractivity contribution in [1.29, 1.82) is 0 Å². The predicted octanol–water partition coefficient (Wildman–Crippen LogP) is 3.65. The Morgan fingerprint density at radius 1 is 1.00 bits per heavy atom. The van der Waals surface area contributed by atoms with Gasteiger partial charge in [0, 0.05) is 49.2 Å². The Kier molecular flexibility index (Phi) is 6.51. The third kappa shape index (κ3) is 4.93. The molecule has 5 heteroatoms. The number of fused-ring (bicyclic) bond motifs is 1. The Hall–Kier alpha value is -0.910. The molecule has 0 aromatic heterocycles. The maximum Gasteiger partial charge on any atom is 0.223 e. The lowest BCUT2D eigenvalue weighted by Crippen LogP contribution is -2.46. The maximum atomic E-state index is 12.3. The largest absolute Gasteiger partial charge is 0.353 e. The molecule has 3 atom stereocenters. The van der Waals surface area contributed by atoms with Crippen LogP contribution >= 0.6 is 15.9 Å². The highest BCUT2D eigenvalue weighted by atomic mass is 79.9. The second kappa shape index (κ2) is 9.06. The first-order chi connectivity index (χ1) is 13.2. The molecule has 2 saturated heterocycles. The molecule has 2 heterocycles. The molecule has 1 N–H and O–H groups in total. The summed E-state index contributed by atoms with van der Waals surface area (Å²) in [5, 5.41) is 3.26. The lowest BCUT2D eigenvalue weighted by atomic mass is 9.78. The van der Waals surface area contributed by atoms with Gasteiger partial charge >= 0.3 is 0 Å². The summed E-state index contributed by atoms with van der Waals surface area (Å²) in [6.07, 6.45) is 7.29. The van der Waals surface area contributed by atoms with Gasteiger partial charge in [-0.3, -0.25) is 9.69 Å². The molecule has 1 aliphatic carbocycles. The quantitative estimate of drug-likeness (QED) is 0.743. The van der Waals surface area contributed by atoms with Gasteiger partial charge < -0.3 is 10.2 Å². The second-order valence-corrected chi connectivity index (χ2v) is 9.47. The number of nitrogens with one attached hydrogen (secondary N) is 1. The number of benzene rings is 1. The van der Waals surface area contributed by atoms with E-state index in [4.69, 9.17) is 0 Å². The molecule has 27 heavy (non-hydrogen) atoms. The van der Waals surface area contributed by atoms with Crippen molar-refractivity contribution in [3.8, 4) is 0 Å². The van der Waals surface area contributed by atoms with E-state index in [0.29, 0.717) is 17.9 Å². The van der Waals surface area contributed by atoms with E-state index in [-0.39, 0.29) is 5.92 Å². The second-order valence-electron chi connectivity index (χ2n) is 8.56. The Bertz CT molecular complexity index is 627. The molecular formula is C22H32BrN3O. The van der Waals surface area contributed by atoms with Crippen molar-refractivity contribution in [1.82, 2.24) is 15.1 Å². The van der Waals surface area contributed by atoms with Crippen LogP contribution in [0.2, 0.25) is 0 Å². The van der Waals surface area contributed by atoms with E-state index in [2.05, 4.69) is 55.3 Å². The molecule has 1 aromatic rings. The predicted molar refractivity (Wildman–Crippen MR) is 112 cm³/mol. The van der Waals surface area contributed by atoms with Crippen LogP contribution in [0.4, 0.5) is 0 Å². The van der Waals surface area contributed by atoms with Crippen LogP contribution in [0.3, 0.4) is 0 Å². The molecule has 1 saturated carbocycles. The van der Waals surface area contributed by atoms with Crippen LogP contribution in [0.5, 0.6) is 0 Å². The zero-order valence-electron chi connectivity index (χ0n) is 16.2. The Labute approximate surface area is 171 Å². The average molecular weight is 434 g/mol. The van der Waals surface area contributed by atoms with Gasteiger partial charge in [-0.2, -0.15) is 0 Å². The van der Waals surface area contributed by atoms with Crippen LogP contribution in [0.25, 0.3) is 0 Å². The summed E-state index contributed by atoms with van der Waals surface area (Å²) in [5.74, 6) is 1.24. The van der Waals surface area contributed by atoms with Crippen LogP contribution in [-0.2, 0) is 11.3 Å². The number of nitrogens with zero attached hydrogens (tertiary/aromatic N) is 2. The van der Waals surface area contributed by atoms with E-state index in [9.17, 15) is 4.79 Å². The van der Waals surface area contributed by atoms with Gasteiger partial charge in [0.2, 0.25) is 5.91 Å². The van der Waals surface area contributed by atoms with E-state index in [0.717, 1.165) is 56.6 Å². The number of halogens is 1. The van der Waals surface area contributed by atoms with E-state index < -0.39 is 0 Å². The van der Waals surface area contributed by atoms with Crippen molar-refractivity contribution < 1.29 is 4.79 Å². The standard InChI is InChI=1S/C22H32BrN3O/c23-18-9-7-17(8-10-18)16-26-14-12-25(13-15-26)11-3-5-20-19-4-1-2-6-21(19)24-22(20)27/h7-10,19-21H,1-6,11-16H2,(H,24,27). The molecule has 1 aromatic carbocycles.